The maximum absolute atomic E-state index is 11.5. The Morgan fingerprint density at radius 2 is 2.17 bits per heavy atom. The van der Waals surface area contributed by atoms with Crippen molar-refractivity contribution in [2.45, 2.75) is 39.8 Å². The Hall–Kier alpha value is -1.98. The summed E-state index contributed by atoms with van der Waals surface area (Å²) in [7, 11) is 0. The second kappa shape index (κ2) is 5.57. The monoisotopic (exact) mass is 247 g/mol. The second-order valence-corrected chi connectivity index (χ2v) is 4.10. The van der Waals surface area contributed by atoms with Crippen molar-refractivity contribution in [1.82, 2.24) is 24.5 Å². The first-order valence-corrected chi connectivity index (χ1v) is 6.17. The molecule has 0 saturated carbocycles. The molecule has 0 radical (unpaired) electrons. The smallest absolute Gasteiger partial charge is 0.165 e. The highest BCUT2D eigenvalue weighted by molar-refractivity contribution is 5.95. The number of nitrogens with zero attached hydrogens (tertiary/aromatic N) is 5. The molecule has 0 N–H and O–H groups in total. The molecular formula is C12H17N5O. The molecule has 0 amide bonds. The first-order chi connectivity index (χ1) is 8.74. The molecule has 0 aromatic carbocycles. The Morgan fingerprint density at radius 3 is 2.89 bits per heavy atom. The SMILES string of the molecule is CCCn1ncnc1Cn1cc(C(=O)CC)cn1. The van der Waals surface area contributed by atoms with E-state index >= 15 is 0 Å². The molecule has 0 saturated heterocycles. The van der Waals surface area contributed by atoms with Crippen LogP contribution in [0.15, 0.2) is 18.7 Å². The molecule has 0 bridgehead atoms. The molecule has 0 atom stereocenters. The molecular weight excluding hydrogens is 230 g/mol. The fourth-order valence-corrected chi connectivity index (χ4v) is 1.75. The zero-order valence-corrected chi connectivity index (χ0v) is 10.7. The molecule has 0 aliphatic rings. The van der Waals surface area contributed by atoms with E-state index in [1.165, 1.54) is 0 Å². The van der Waals surface area contributed by atoms with Gasteiger partial charge in [-0.2, -0.15) is 10.2 Å². The van der Waals surface area contributed by atoms with E-state index in [2.05, 4.69) is 22.1 Å². The normalized spacial score (nSPS) is 10.8. The van der Waals surface area contributed by atoms with Crippen LogP contribution in [0.25, 0.3) is 0 Å². The van der Waals surface area contributed by atoms with Crippen LogP contribution in [0.3, 0.4) is 0 Å². The van der Waals surface area contributed by atoms with Gasteiger partial charge in [0.25, 0.3) is 0 Å². The van der Waals surface area contributed by atoms with Gasteiger partial charge in [-0.25, -0.2) is 9.67 Å². The van der Waals surface area contributed by atoms with Crippen LogP contribution in [0.5, 0.6) is 0 Å². The lowest BCUT2D eigenvalue weighted by atomic mass is 10.2. The summed E-state index contributed by atoms with van der Waals surface area (Å²) in [4.78, 5) is 15.7. The number of carbonyl (C=O) groups is 1. The highest BCUT2D eigenvalue weighted by atomic mass is 16.1. The Balaban J connectivity index is 2.11. The van der Waals surface area contributed by atoms with E-state index in [0.29, 0.717) is 18.5 Å². The summed E-state index contributed by atoms with van der Waals surface area (Å²) < 4.78 is 3.59. The summed E-state index contributed by atoms with van der Waals surface area (Å²) in [6.07, 6.45) is 6.42. The highest BCUT2D eigenvalue weighted by Crippen LogP contribution is 2.04. The molecule has 6 nitrogen and oxygen atoms in total. The van der Waals surface area contributed by atoms with Gasteiger partial charge in [-0.15, -0.1) is 0 Å². The fourth-order valence-electron chi connectivity index (χ4n) is 1.75. The number of aromatic nitrogens is 5. The number of Topliss-reactive ketones (excluding diaryl/α,β-unsaturated/α-hetero) is 1. The van der Waals surface area contributed by atoms with Crippen molar-refractivity contribution in [2.75, 3.05) is 0 Å². The van der Waals surface area contributed by atoms with Gasteiger partial charge in [0.05, 0.1) is 11.8 Å². The summed E-state index contributed by atoms with van der Waals surface area (Å²) in [5.41, 5.74) is 0.652. The fraction of sp³-hybridized carbons (Fsp3) is 0.500. The van der Waals surface area contributed by atoms with E-state index in [1.54, 1.807) is 23.4 Å². The Morgan fingerprint density at radius 1 is 1.33 bits per heavy atom. The minimum atomic E-state index is 0.108. The summed E-state index contributed by atoms with van der Waals surface area (Å²) in [6, 6.07) is 0. The average molecular weight is 247 g/mol. The standard InChI is InChI=1S/C12H17N5O/c1-3-5-17-12(13-9-15-17)8-16-7-10(6-14-16)11(18)4-2/h6-7,9H,3-5,8H2,1-2H3. The van der Waals surface area contributed by atoms with Gasteiger partial charge < -0.3 is 0 Å². The van der Waals surface area contributed by atoms with Crippen LogP contribution < -0.4 is 0 Å². The predicted octanol–water partition coefficient (Wildman–Crippen LogP) is 1.53. The summed E-state index contributed by atoms with van der Waals surface area (Å²) in [6.45, 7) is 5.32. The Labute approximate surface area is 106 Å². The van der Waals surface area contributed by atoms with Crippen LogP contribution in [-0.4, -0.2) is 30.3 Å². The number of aryl methyl sites for hydroxylation is 1. The van der Waals surface area contributed by atoms with Gasteiger partial charge in [0.15, 0.2) is 5.78 Å². The molecule has 2 aromatic heterocycles. The van der Waals surface area contributed by atoms with Gasteiger partial charge in [0, 0.05) is 19.2 Å². The van der Waals surface area contributed by atoms with Gasteiger partial charge >= 0.3 is 0 Å². The first-order valence-electron chi connectivity index (χ1n) is 6.17. The number of rotatable bonds is 6. The van der Waals surface area contributed by atoms with Crippen molar-refractivity contribution in [3.8, 4) is 0 Å². The van der Waals surface area contributed by atoms with Crippen molar-refractivity contribution in [3.63, 3.8) is 0 Å². The molecule has 0 fully saturated rings. The molecule has 0 unspecified atom stereocenters. The predicted molar refractivity (Wildman–Crippen MR) is 66.3 cm³/mol. The molecule has 2 aromatic rings. The van der Waals surface area contributed by atoms with Gasteiger partial charge in [-0.1, -0.05) is 13.8 Å². The zero-order chi connectivity index (χ0) is 13.0. The van der Waals surface area contributed by atoms with E-state index in [4.69, 9.17) is 0 Å². The van der Waals surface area contributed by atoms with Crippen molar-refractivity contribution in [3.05, 3.63) is 30.1 Å². The van der Waals surface area contributed by atoms with Crippen molar-refractivity contribution in [1.29, 1.82) is 0 Å². The van der Waals surface area contributed by atoms with Crippen molar-refractivity contribution in [2.24, 2.45) is 0 Å². The Kier molecular flexibility index (Phi) is 3.86. The lowest BCUT2D eigenvalue weighted by Crippen LogP contribution is -2.10. The summed E-state index contributed by atoms with van der Waals surface area (Å²) >= 11 is 0. The third-order valence-electron chi connectivity index (χ3n) is 2.71. The summed E-state index contributed by atoms with van der Waals surface area (Å²) in [5.74, 6) is 0.965. The van der Waals surface area contributed by atoms with E-state index < -0.39 is 0 Å². The van der Waals surface area contributed by atoms with Crippen LogP contribution in [-0.2, 0) is 13.1 Å². The van der Waals surface area contributed by atoms with Crippen LogP contribution in [0.4, 0.5) is 0 Å². The van der Waals surface area contributed by atoms with Gasteiger partial charge in [0.1, 0.15) is 18.7 Å². The molecule has 0 spiro atoms. The third kappa shape index (κ3) is 2.64. The molecule has 0 aliphatic heterocycles. The largest absolute Gasteiger partial charge is 0.294 e. The summed E-state index contributed by atoms with van der Waals surface area (Å²) in [5, 5.41) is 8.33. The van der Waals surface area contributed by atoms with E-state index in [0.717, 1.165) is 18.8 Å². The highest BCUT2D eigenvalue weighted by Gasteiger charge is 2.09. The van der Waals surface area contributed by atoms with Gasteiger partial charge in [-0.3, -0.25) is 9.48 Å². The minimum Gasteiger partial charge on any atom is -0.294 e. The van der Waals surface area contributed by atoms with E-state index in [9.17, 15) is 4.79 Å². The van der Waals surface area contributed by atoms with Crippen LogP contribution in [0.2, 0.25) is 0 Å². The number of carbonyl (C=O) groups excluding carboxylic acids is 1. The van der Waals surface area contributed by atoms with Gasteiger partial charge in [-0.05, 0) is 6.42 Å². The molecule has 96 valence electrons. The minimum absolute atomic E-state index is 0.108. The second-order valence-electron chi connectivity index (χ2n) is 4.10. The van der Waals surface area contributed by atoms with Crippen LogP contribution in [0, 0.1) is 0 Å². The molecule has 2 heterocycles. The van der Waals surface area contributed by atoms with Crippen LogP contribution >= 0.6 is 0 Å². The lowest BCUT2D eigenvalue weighted by Gasteiger charge is -2.04. The number of ketones is 1. The number of hydrogen-bond acceptors (Lipinski definition) is 4. The average Bonchev–Trinajstić information content (AvgIpc) is 3.00. The first kappa shape index (κ1) is 12.5. The van der Waals surface area contributed by atoms with Crippen LogP contribution in [0.1, 0.15) is 42.9 Å². The quantitative estimate of drug-likeness (QED) is 0.726. The molecule has 2 rings (SSSR count). The Bertz CT molecular complexity index is 528. The zero-order valence-electron chi connectivity index (χ0n) is 10.7. The topological polar surface area (TPSA) is 65.6 Å². The van der Waals surface area contributed by atoms with Gasteiger partial charge in [0.2, 0.25) is 0 Å². The third-order valence-corrected chi connectivity index (χ3v) is 2.71. The maximum atomic E-state index is 11.5. The molecule has 18 heavy (non-hydrogen) atoms. The van der Waals surface area contributed by atoms with Crippen molar-refractivity contribution < 1.29 is 4.79 Å². The van der Waals surface area contributed by atoms with E-state index in [-0.39, 0.29) is 5.78 Å². The number of hydrogen-bond donors (Lipinski definition) is 0. The maximum Gasteiger partial charge on any atom is 0.165 e. The van der Waals surface area contributed by atoms with Crippen molar-refractivity contribution >= 4 is 5.78 Å². The molecule has 0 aliphatic carbocycles. The molecule has 6 heteroatoms. The lowest BCUT2D eigenvalue weighted by molar-refractivity contribution is 0.0988. The van der Waals surface area contributed by atoms with E-state index in [1.807, 2.05) is 11.6 Å².